The van der Waals surface area contributed by atoms with E-state index in [0.29, 0.717) is 47.2 Å². The third-order valence-electron chi connectivity index (χ3n) is 12.1. The first-order chi connectivity index (χ1) is 29.9. The molecule has 3 aliphatic rings. The number of hydrogen-bond donors (Lipinski definition) is 6. The van der Waals surface area contributed by atoms with E-state index >= 15 is 0 Å². The number of phenolic OH excluding ortho intramolecular Hbond substituents is 1. The fourth-order valence-corrected chi connectivity index (χ4v) is 8.77. The van der Waals surface area contributed by atoms with E-state index in [0.717, 1.165) is 50.8 Å². The van der Waals surface area contributed by atoms with E-state index < -0.39 is 24.3 Å². The van der Waals surface area contributed by atoms with Gasteiger partial charge in [0.05, 0.1) is 31.4 Å². The maximum atomic E-state index is 13.3. The number of aromatic amines is 1. The smallest absolute Gasteiger partial charge is 0.430 e. The van der Waals surface area contributed by atoms with Crippen LogP contribution >= 0.6 is 0 Å². The number of aliphatic carboxylic acids is 1. The van der Waals surface area contributed by atoms with Crippen molar-refractivity contribution in [3.8, 4) is 16.9 Å². The molecule has 2 bridgehead atoms. The van der Waals surface area contributed by atoms with Crippen molar-refractivity contribution < 1.29 is 56.8 Å². The molecule has 6 atom stereocenters. The number of aliphatic hydroxyl groups is 1. The number of hydrogen-bond acceptors (Lipinski definition) is 10. The van der Waals surface area contributed by atoms with Gasteiger partial charge in [-0.05, 0) is 65.4 Å². The summed E-state index contributed by atoms with van der Waals surface area (Å²) in [5.74, 6) is -3.19. The molecule has 0 unspecified atom stereocenters. The summed E-state index contributed by atoms with van der Waals surface area (Å²) in [5.41, 5.74) is 6.55. The number of carbonyl (C=O) groups excluding carboxylic acids is 3. The molecular weight excluding hydrogens is 824 g/mol. The Balaban J connectivity index is 0.000000785. The third-order valence-corrected chi connectivity index (χ3v) is 12.1. The fourth-order valence-electron chi connectivity index (χ4n) is 8.77. The minimum atomic E-state index is -5.19. The number of carbonyl (C=O) groups is 3. The predicted octanol–water partition coefficient (Wildman–Crippen LogP) is 5.21. The van der Waals surface area contributed by atoms with Gasteiger partial charge in [-0.1, -0.05) is 60.7 Å². The van der Waals surface area contributed by atoms with Crippen LogP contribution in [0.1, 0.15) is 47.6 Å². The maximum absolute atomic E-state index is 13.3. The van der Waals surface area contributed by atoms with Crippen molar-refractivity contribution in [2.45, 2.75) is 81.8 Å². The molecule has 3 saturated heterocycles. The molecule has 17 heteroatoms. The number of quaternary nitrogens is 1. The highest BCUT2D eigenvalue weighted by molar-refractivity contribution is 5.93. The van der Waals surface area contributed by atoms with Crippen molar-refractivity contribution in [3.05, 3.63) is 124 Å². The Hall–Kier alpha value is -6.27. The number of nitrogens with zero attached hydrogens (tertiary/aromatic N) is 1. The molecule has 3 aliphatic heterocycles. The summed E-state index contributed by atoms with van der Waals surface area (Å²) in [6, 6.07) is 28.3. The monoisotopic (exact) mass is 871 g/mol. The number of fused-ring (bicyclic) bond motifs is 6. The Morgan fingerprint density at radius 2 is 1.60 bits per heavy atom. The number of nitrogens with one attached hydrogen (secondary N) is 4. The molecule has 3 fully saturated rings. The number of carboxylic acid groups (broad SMARTS) is 1. The Labute approximate surface area is 360 Å². The number of alkyl halides is 3. The molecule has 0 spiro atoms. The average Bonchev–Trinajstić information content (AvgIpc) is 4.00. The molecule has 0 saturated carbocycles. The van der Waals surface area contributed by atoms with Crippen LogP contribution < -0.4 is 26.6 Å². The number of epoxide rings is 1. The fraction of sp³-hybridized carbons (Fsp3) is 0.348. The number of ether oxygens (including phenoxy) is 2. The molecule has 6 N–H and O–H groups in total. The molecule has 4 aromatic carbocycles. The van der Waals surface area contributed by atoms with Gasteiger partial charge in [-0.15, -0.1) is 0 Å². The van der Waals surface area contributed by atoms with Crippen LogP contribution in [0.2, 0.25) is 0 Å². The van der Waals surface area contributed by atoms with Crippen LogP contribution in [0.15, 0.2) is 95.8 Å². The van der Waals surface area contributed by atoms with E-state index in [9.17, 15) is 37.8 Å². The van der Waals surface area contributed by atoms with Crippen LogP contribution in [-0.4, -0.2) is 94.9 Å². The first-order valence-corrected chi connectivity index (χ1v) is 20.4. The van der Waals surface area contributed by atoms with Crippen molar-refractivity contribution in [2.75, 3.05) is 31.3 Å². The second-order valence-corrected chi connectivity index (χ2v) is 16.6. The van der Waals surface area contributed by atoms with Crippen molar-refractivity contribution in [1.82, 2.24) is 10.3 Å². The lowest BCUT2D eigenvalue weighted by Crippen LogP contribution is -2.60. The Kier molecular flexibility index (Phi) is 12.9. The number of anilines is 2. The minimum absolute atomic E-state index is 0.0559. The van der Waals surface area contributed by atoms with Gasteiger partial charge in [0.2, 0.25) is 11.5 Å². The van der Waals surface area contributed by atoms with Crippen molar-refractivity contribution in [2.24, 2.45) is 0 Å². The number of rotatable bonds is 12. The molecule has 63 heavy (non-hydrogen) atoms. The summed E-state index contributed by atoms with van der Waals surface area (Å²) in [6.45, 7) is 2.67. The number of aryl methyl sites for hydroxylation is 2. The molecule has 0 aliphatic carbocycles. The highest BCUT2D eigenvalue weighted by Crippen LogP contribution is 2.51. The molecule has 8 rings (SSSR count). The van der Waals surface area contributed by atoms with Gasteiger partial charge in [-0.3, -0.25) is 14.9 Å². The number of likely N-dealkylation sites (N-methyl/N-ethyl adjacent to an activating group) is 1. The SMILES string of the molecule is Cc1cc(CNC[C@H](O)c2ccc(O)c3[nH]c(=O)ccc23)ccc1NC(=O)CCc1ccc(-c2ccccc2)c(NC(=O)O[C@@H]2C[C@@H]3[C@H]4O[C@H]4[C@H](C2)[N+]3(C)C)c1.O=C([O-])C(F)(F)F. The summed E-state index contributed by atoms with van der Waals surface area (Å²) in [7, 11) is 4.50. The first-order valence-electron chi connectivity index (χ1n) is 20.4. The average molecular weight is 872 g/mol. The van der Waals surface area contributed by atoms with Gasteiger partial charge in [0.25, 0.3) is 0 Å². The predicted molar refractivity (Wildman–Crippen MR) is 225 cm³/mol. The second kappa shape index (κ2) is 18.2. The number of benzene rings is 4. The number of halogens is 3. The van der Waals surface area contributed by atoms with Gasteiger partial charge >= 0.3 is 12.3 Å². The van der Waals surface area contributed by atoms with Crippen molar-refractivity contribution in [3.63, 3.8) is 0 Å². The van der Waals surface area contributed by atoms with Crippen LogP contribution in [0.5, 0.6) is 5.75 Å². The van der Waals surface area contributed by atoms with Crippen LogP contribution in [0.3, 0.4) is 0 Å². The third kappa shape index (κ3) is 10.3. The number of amides is 2. The van der Waals surface area contributed by atoms with E-state index in [1.165, 1.54) is 12.1 Å². The number of pyridine rings is 1. The molecule has 2 amide bonds. The van der Waals surface area contributed by atoms with Crippen molar-refractivity contribution >= 4 is 40.2 Å². The van der Waals surface area contributed by atoms with Gasteiger partial charge in [0, 0.05) is 55.1 Å². The van der Waals surface area contributed by atoms with Crippen LogP contribution in [-0.2, 0) is 32.0 Å². The highest BCUT2D eigenvalue weighted by Gasteiger charge is 2.70. The summed E-state index contributed by atoms with van der Waals surface area (Å²) in [5, 5.41) is 39.7. The van der Waals surface area contributed by atoms with Crippen LogP contribution in [0.25, 0.3) is 22.0 Å². The Morgan fingerprint density at radius 1 is 0.921 bits per heavy atom. The van der Waals surface area contributed by atoms with E-state index in [1.807, 2.05) is 73.7 Å². The summed E-state index contributed by atoms with van der Waals surface area (Å²) in [6.07, 6.45) is -3.85. The lowest BCUT2D eigenvalue weighted by Gasteiger charge is -2.45. The summed E-state index contributed by atoms with van der Waals surface area (Å²) in [4.78, 5) is 49.6. The number of phenols is 1. The number of H-pyrrole nitrogens is 1. The second-order valence-electron chi connectivity index (χ2n) is 16.6. The Morgan fingerprint density at radius 3 is 2.27 bits per heavy atom. The zero-order valence-corrected chi connectivity index (χ0v) is 34.7. The molecule has 14 nitrogen and oxygen atoms in total. The normalized spacial score (nSPS) is 21.0. The minimum Gasteiger partial charge on any atom is -0.542 e. The first kappa shape index (κ1) is 44.8. The van der Waals surface area contributed by atoms with Gasteiger partial charge in [-0.25, -0.2) is 4.79 Å². The number of aromatic nitrogens is 1. The molecule has 332 valence electrons. The van der Waals surface area contributed by atoms with Gasteiger partial charge < -0.3 is 49.7 Å². The molecule has 1 aromatic heterocycles. The van der Waals surface area contributed by atoms with E-state index in [1.54, 1.807) is 12.1 Å². The molecular formula is C46H48F3N5O9. The number of piperidine rings is 1. The van der Waals surface area contributed by atoms with Gasteiger partial charge in [-0.2, -0.15) is 13.2 Å². The van der Waals surface area contributed by atoms with E-state index in [-0.39, 0.29) is 48.5 Å². The summed E-state index contributed by atoms with van der Waals surface area (Å²) < 4.78 is 44.4. The number of morpholine rings is 1. The standard InChI is InChI=1S/C44H47N5O7.C2HF3O2/c1-25-19-27(23-45-24-38(51)31-13-16-37(50)41-32(31)14-18-40(53)48-41)10-15-33(25)46-39(52)17-11-26-9-12-30(28-7-5-4-6-8-28)34(20-26)47-44(54)55-29-21-35-42-43(56-42)36(22-29)49(35,2)3;3-2(4,5)1(6)7/h4-10,12-16,18-20,29,35-36,38,42-43,45,51H,11,17,21-24H2,1-3H3,(H3-,46,47,48,50,52,53,54);(H,6,7)/t29-,35-,36+,38-,42-,43+;/m0./s1. The Bertz CT molecular complexity index is 2550. The lowest BCUT2D eigenvalue weighted by atomic mass is 9.96. The van der Waals surface area contributed by atoms with Gasteiger partial charge in [0.1, 0.15) is 42.1 Å². The van der Waals surface area contributed by atoms with E-state index in [2.05, 4.69) is 35.0 Å². The quantitative estimate of drug-likeness (QED) is 0.0714. The van der Waals surface area contributed by atoms with Gasteiger partial charge in [0.15, 0.2) is 0 Å². The number of aromatic hydroxyl groups is 1. The zero-order valence-electron chi connectivity index (χ0n) is 34.7. The largest absolute Gasteiger partial charge is 0.542 e. The molecule has 5 aromatic rings. The number of carboxylic acids is 1. The summed E-state index contributed by atoms with van der Waals surface area (Å²) >= 11 is 0. The van der Waals surface area contributed by atoms with Crippen LogP contribution in [0.4, 0.5) is 29.3 Å². The lowest BCUT2D eigenvalue weighted by molar-refractivity contribution is -0.938. The highest BCUT2D eigenvalue weighted by atomic mass is 19.4. The number of aliphatic hydroxyl groups excluding tert-OH is 1. The molecule has 4 heterocycles. The molecule has 0 radical (unpaired) electrons. The van der Waals surface area contributed by atoms with Crippen molar-refractivity contribution in [1.29, 1.82) is 0 Å². The van der Waals surface area contributed by atoms with Crippen LogP contribution in [0, 0.1) is 6.92 Å². The zero-order chi connectivity index (χ0) is 45.2. The topological polar surface area (TPSA) is 205 Å². The van der Waals surface area contributed by atoms with E-state index in [4.69, 9.17) is 19.4 Å². The maximum Gasteiger partial charge on any atom is 0.430 e.